The molecule has 0 N–H and O–H groups in total. The molecule has 0 spiro atoms. The van der Waals surface area contributed by atoms with Gasteiger partial charge in [0, 0.05) is 11.0 Å². The summed E-state index contributed by atoms with van der Waals surface area (Å²) in [7, 11) is 0. The van der Waals surface area contributed by atoms with E-state index in [9.17, 15) is 9.59 Å². The van der Waals surface area contributed by atoms with Crippen LogP contribution in [0.2, 0.25) is 0 Å². The van der Waals surface area contributed by atoms with Crippen LogP contribution in [0.25, 0.3) is 0 Å². The SMILES string of the molecule is CC(C)(C)C(=O)C(Br)C(=O)c1ccccc1. The maximum absolute atomic E-state index is 12.0. The molecule has 1 unspecified atom stereocenters. The molecule has 0 aliphatic heterocycles. The summed E-state index contributed by atoms with van der Waals surface area (Å²) in [5.74, 6) is -0.276. The zero-order valence-electron chi connectivity index (χ0n) is 9.66. The van der Waals surface area contributed by atoms with Gasteiger partial charge in [0.15, 0.2) is 11.6 Å². The number of hydrogen-bond donors (Lipinski definition) is 0. The maximum atomic E-state index is 12.0. The zero-order valence-corrected chi connectivity index (χ0v) is 11.2. The van der Waals surface area contributed by atoms with Crippen LogP contribution >= 0.6 is 15.9 Å². The Morgan fingerprint density at radius 1 is 1.12 bits per heavy atom. The van der Waals surface area contributed by atoms with Crippen LogP contribution in [0.4, 0.5) is 0 Å². The summed E-state index contributed by atoms with van der Waals surface area (Å²) >= 11 is 3.18. The molecule has 0 bridgehead atoms. The first-order valence-corrected chi connectivity index (χ1v) is 6.03. The van der Waals surface area contributed by atoms with Crippen molar-refractivity contribution in [3.05, 3.63) is 35.9 Å². The Hall–Kier alpha value is -0.960. The predicted molar refractivity (Wildman–Crippen MR) is 67.9 cm³/mol. The van der Waals surface area contributed by atoms with Gasteiger partial charge in [-0.1, -0.05) is 67.0 Å². The highest BCUT2D eigenvalue weighted by molar-refractivity contribution is 9.10. The third kappa shape index (κ3) is 3.01. The number of ketones is 2. The summed E-state index contributed by atoms with van der Waals surface area (Å²) < 4.78 is 0. The second kappa shape index (κ2) is 4.91. The summed E-state index contributed by atoms with van der Waals surface area (Å²) in [5.41, 5.74) is 0.0421. The maximum Gasteiger partial charge on any atom is 0.183 e. The number of Topliss-reactive ketones (excluding diaryl/α,β-unsaturated/α-hetero) is 2. The first-order chi connectivity index (χ1) is 7.34. The standard InChI is InChI=1S/C13H15BrO2/c1-13(2,3)12(16)10(14)11(15)9-7-5-4-6-8-9/h4-8,10H,1-3H3. The highest BCUT2D eigenvalue weighted by atomic mass is 79.9. The Bertz CT molecular complexity index is 390. The highest BCUT2D eigenvalue weighted by Crippen LogP contribution is 2.23. The van der Waals surface area contributed by atoms with Crippen LogP contribution in [0.3, 0.4) is 0 Å². The average molecular weight is 283 g/mol. The number of carbonyl (C=O) groups excluding carboxylic acids is 2. The van der Waals surface area contributed by atoms with Gasteiger partial charge < -0.3 is 0 Å². The molecule has 1 aromatic rings. The van der Waals surface area contributed by atoms with E-state index in [4.69, 9.17) is 0 Å². The number of hydrogen-bond acceptors (Lipinski definition) is 2. The van der Waals surface area contributed by atoms with Crippen LogP contribution in [-0.4, -0.2) is 16.4 Å². The molecule has 0 fully saturated rings. The second-order valence-electron chi connectivity index (χ2n) is 4.71. The molecule has 1 aromatic carbocycles. The van der Waals surface area contributed by atoms with E-state index in [2.05, 4.69) is 15.9 Å². The Morgan fingerprint density at radius 3 is 2.06 bits per heavy atom. The van der Waals surface area contributed by atoms with Gasteiger partial charge >= 0.3 is 0 Å². The van der Waals surface area contributed by atoms with E-state index in [0.717, 1.165) is 0 Å². The lowest BCUT2D eigenvalue weighted by molar-refractivity contribution is -0.124. The van der Waals surface area contributed by atoms with Crippen LogP contribution < -0.4 is 0 Å². The lowest BCUT2D eigenvalue weighted by Gasteiger charge is -2.19. The Kier molecular flexibility index (Phi) is 4.03. The van der Waals surface area contributed by atoms with Gasteiger partial charge in [-0.3, -0.25) is 9.59 Å². The number of alkyl halides is 1. The van der Waals surface area contributed by atoms with Gasteiger partial charge in [-0.2, -0.15) is 0 Å². The van der Waals surface area contributed by atoms with Crippen LogP contribution in [0.15, 0.2) is 30.3 Å². The summed E-state index contributed by atoms with van der Waals surface area (Å²) in [6, 6.07) is 8.84. The largest absolute Gasteiger partial charge is 0.297 e. The molecule has 0 saturated heterocycles. The molecule has 0 heterocycles. The number of halogens is 1. The second-order valence-corrected chi connectivity index (χ2v) is 5.62. The molecule has 0 aliphatic rings. The molecular formula is C13H15BrO2. The van der Waals surface area contributed by atoms with Crippen molar-refractivity contribution in [1.29, 1.82) is 0 Å². The quantitative estimate of drug-likeness (QED) is 0.485. The molecule has 16 heavy (non-hydrogen) atoms. The lowest BCUT2D eigenvalue weighted by Crippen LogP contribution is -2.34. The normalized spacial score (nSPS) is 13.2. The smallest absolute Gasteiger partial charge is 0.183 e. The molecule has 1 atom stereocenters. The van der Waals surface area contributed by atoms with E-state index in [0.29, 0.717) is 5.56 Å². The number of carbonyl (C=O) groups is 2. The predicted octanol–water partition coefficient (Wildman–Crippen LogP) is 3.25. The van der Waals surface area contributed by atoms with E-state index in [1.165, 1.54) is 0 Å². The molecule has 0 radical (unpaired) electrons. The van der Waals surface area contributed by atoms with Gasteiger partial charge in [-0.05, 0) is 0 Å². The summed E-state index contributed by atoms with van der Waals surface area (Å²) in [4.78, 5) is 23.1. The van der Waals surface area contributed by atoms with E-state index in [1.54, 1.807) is 24.3 Å². The van der Waals surface area contributed by atoms with Crippen molar-refractivity contribution in [1.82, 2.24) is 0 Å². The Morgan fingerprint density at radius 2 is 1.62 bits per heavy atom. The van der Waals surface area contributed by atoms with Crippen molar-refractivity contribution in [3.8, 4) is 0 Å². The fraction of sp³-hybridized carbons (Fsp3) is 0.385. The van der Waals surface area contributed by atoms with Crippen molar-refractivity contribution in [2.45, 2.75) is 25.6 Å². The van der Waals surface area contributed by atoms with Crippen molar-refractivity contribution in [3.63, 3.8) is 0 Å². The van der Waals surface area contributed by atoms with Crippen molar-refractivity contribution >= 4 is 27.5 Å². The summed E-state index contributed by atoms with van der Waals surface area (Å²) in [6.45, 7) is 5.42. The molecule has 0 aliphatic carbocycles. The van der Waals surface area contributed by atoms with Gasteiger partial charge in [-0.25, -0.2) is 0 Å². The van der Waals surface area contributed by atoms with Crippen LogP contribution in [-0.2, 0) is 4.79 Å². The number of rotatable bonds is 3. The highest BCUT2D eigenvalue weighted by Gasteiger charge is 2.32. The minimum absolute atomic E-state index is 0.0960. The molecule has 0 saturated carbocycles. The van der Waals surface area contributed by atoms with Gasteiger partial charge in [-0.15, -0.1) is 0 Å². The molecule has 2 nitrogen and oxygen atoms in total. The van der Waals surface area contributed by atoms with Crippen LogP contribution in [0.1, 0.15) is 31.1 Å². The van der Waals surface area contributed by atoms with Gasteiger partial charge in [0.2, 0.25) is 0 Å². The Labute approximate surface area is 104 Å². The minimum atomic E-state index is -0.755. The molecule has 0 aromatic heterocycles. The first-order valence-electron chi connectivity index (χ1n) is 5.11. The minimum Gasteiger partial charge on any atom is -0.297 e. The van der Waals surface area contributed by atoms with Gasteiger partial charge in [0.25, 0.3) is 0 Å². The lowest BCUT2D eigenvalue weighted by atomic mass is 9.87. The Balaban J connectivity index is 2.88. The molecule has 1 rings (SSSR count). The molecule has 0 amide bonds. The van der Waals surface area contributed by atoms with Crippen molar-refractivity contribution in [2.75, 3.05) is 0 Å². The molecule has 3 heteroatoms. The van der Waals surface area contributed by atoms with E-state index < -0.39 is 10.2 Å². The summed E-state index contributed by atoms with van der Waals surface area (Å²) in [6.07, 6.45) is 0. The van der Waals surface area contributed by atoms with Gasteiger partial charge in [0.05, 0.1) is 0 Å². The monoisotopic (exact) mass is 282 g/mol. The fourth-order valence-corrected chi connectivity index (χ4v) is 2.20. The van der Waals surface area contributed by atoms with E-state index in [-0.39, 0.29) is 11.6 Å². The van der Waals surface area contributed by atoms with Gasteiger partial charge in [0.1, 0.15) is 4.83 Å². The van der Waals surface area contributed by atoms with Crippen molar-refractivity contribution < 1.29 is 9.59 Å². The van der Waals surface area contributed by atoms with E-state index >= 15 is 0 Å². The van der Waals surface area contributed by atoms with Crippen LogP contribution in [0, 0.1) is 5.41 Å². The third-order valence-electron chi connectivity index (χ3n) is 2.26. The van der Waals surface area contributed by atoms with E-state index in [1.807, 2.05) is 26.8 Å². The van der Waals surface area contributed by atoms with Crippen LogP contribution in [0.5, 0.6) is 0 Å². The topological polar surface area (TPSA) is 34.1 Å². The first kappa shape index (κ1) is 13.1. The number of benzene rings is 1. The zero-order chi connectivity index (χ0) is 12.3. The summed E-state index contributed by atoms with van der Waals surface area (Å²) in [5, 5.41) is 0. The average Bonchev–Trinajstić information content (AvgIpc) is 2.26. The third-order valence-corrected chi connectivity index (χ3v) is 3.09. The molecular weight excluding hydrogens is 268 g/mol. The molecule has 86 valence electrons. The van der Waals surface area contributed by atoms with Crippen molar-refractivity contribution in [2.24, 2.45) is 5.41 Å². The fourth-order valence-electron chi connectivity index (χ4n) is 1.25.